The second-order valence-electron chi connectivity index (χ2n) is 4.26. The van der Waals surface area contributed by atoms with Crippen LogP contribution >= 0.6 is 11.6 Å². The van der Waals surface area contributed by atoms with E-state index < -0.39 is 6.04 Å². The molecule has 0 bridgehead atoms. The zero-order valence-corrected chi connectivity index (χ0v) is 10.5. The van der Waals surface area contributed by atoms with E-state index in [-0.39, 0.29) is 17.9 Å². The van der Waals surface area contributed by atoms with E-state index in [0.717, 1.165) is 5.57 Å². The largest absolute Gasteiger partial charge is 0.345 e. The fourth-order valence-corrected chi connectivity index (χ4v) is 1.81. The number of hydrogen-bond acceptors (Lipinski definition) is 2. The molecule has 1 aliphatic rings. The fourth-order valence-electron chi connectivity index (χ4n) is 1.74. The Morgan fingerprint density at radius 1 is 1.56 bits per heavy atom. The number of nitrogens with zero attached hydrogens (tertiary/aromatic N) is 1. The van der Waals surface area contributed by atoms with Crippen LogP contribution in [-0.2, 0) is 9.59 Å². The molecule has 0 saturated carbocycles. The van der Waals surface area contributed by atoms with Gasteiger partial charge in [-0.25, -0.2) is 0 Å². The van der Waals surface area contributed by atoms with Crippen molar-refractivity contribution in [2.24, 2.45) is 0 Å². The highest BCUT2D eigenvalue weighted by Gasteiger charge is 2.31. The van der Waals surface area contributed by atoms with E-state index in [1.54, 1.807) is 11.8 Å². The van der Waals surface area contributed by atoms with Crippen LogP contribution in [0.5, 0.6) is 0 Å². The Kier molecular flexibility index (Phi) is 4.35. The molecule has 0 aliphatic carbocycles. The molecule has 1 fully saturated rings. The summed E-state index contributed by atoms with van der Waals surface area (Å²) in [7, 11) is 0. The summed E-state index contributed by atoms with van der Waals surface area (Å²) < 4.78 is 0. The molecule has 4 nitrogen and oxygen atoms in total. The van der Waals surface area contributed by atoms with E-state index in [1.807, 2.05) is 13.8 Å². The van der Waals surface area contributed by atoms with Crippen molar-refractivity contribution in [1.29, 1.82) is 0 Å². The van der Waals surface area contributed by atoms with Crippen LogP contribution in [0.4, 0.5) is 0 Å². The van der Waals surface area contributed by atoms with Gasteiger partial charge in [-0.1, -0.05) is 11.6 Å². The summed E-state index contributed by atoms with van der Waals surface area (Å²) in [5.41, 5.74) is 2.37. The quantitative estimate of drug-likeness (QED) is 0.795. The Morgan fingerprint density at radius 2 is 2.19 bits per heavy atom. The Morgan fingerprint density at radius 3 is 2.75 bits per heavy atom. The van der Waals surface area contributed by atoms with Crippen LogP contribution < -0.4 is 5.32 Å². The summed E-state index contributed by atoms with van der Waals surface area (Å²) in [6, 6.07) is -0.551. The molecular weight excluding hydrogens is 228 g/mol. The zero-order valence-electron chi connectivity index (χ0n) is 9.79. The summed E-state index contributed by atoms with van der Waals surface area (Å²) in [5.74, 6) is -0.139. The molecule has 1 N–H and O–H groups in total. The summed E-state index contributed by atoms with van der Waals surface area (Å²) in [5, 5.41) is 2.66. The molecule has 0 radical (unpaired) electrons. The third-order valence-corrected chi connectivity index (χ3v) is 3.02. The Labute approximate surface area is 101 Å². The number of nitrogens with one attached hydrogen (secondary N) is 1. The Bertz CT molecular complexity index is 328. The van der Waals surface area contributed by atoms with Crippen molar-refractivity contribution in [3.05, 3.63) is 11.1 Å². The maximum Gasteiger partial charge on any atom is 0.245 e. The molecule has 16 heavy (non-hydrogen) atoms. The lowest BCUT2D eigenvalue weighted by molar-refractivity contribution is -0.133. The van der Waals surface area contributed by atoms with Gasteiger partial charge in [0.1, 0.15) is 6.04 Å². The highest BCUT2D eigenvalue weighted by Crippen LogP contribution is 2.13. The van der Waals surface area contributed by atoms with E-state index in [1.165, 1.54) is 5.54 Å². The third-order valence-electron chi connectivity index (χ3n) is 2.65. The van der Waals surface area contributed by atoms with Gasteiger partial charge >= 0.3 is 0 Å². The third kappa shape index (κ3) is 2.98. The highest BCUT2D eigenvalue weighted by molar-refractivity contribution is 6.25. The predicted molar refractivity (Wildman–Crippen MR) is 63.0 cm³/mol. The maximum atomic E-state index is 12.0. The average Bonchev–Trinajstić information content (AvgIpc) is 2.30. The van der Waals surface area contributed by atoms with Gasteiger partial charge in [-0.05, 0) is 26.3 Å². The van der Waals surface area contributed by atoms with Crippen molar-refractivity contribution >= 4 is 23.4 Å². The van der Waals surface area contributed by atoms with Crippen LogP contribution in [0, 0.1) is 0 Å². The van der Waals surface area contributed by atoms with Crippen molar-refractivity contribution in [1.82, 2.24) is 10.2 Å². The fraction of sp³-hybridized carbons (Fsp3) is 0.636. The van der Waals surface area contributed by atoms with Crippen molar-refractivity contribution in [3.63, 3.8) is 0 Å². The van der Waals surface area contributed by atoms with Crippen LogP contribution in [0.15, 0.2) is 11.1 Å². The summed E-state index contributed by atoms with van der Waals surface area (Å²) in [6.45, 7) is 5.91. The highest BCUT2D eigenvalue weighted by atomic mass is 35.5. The first-order valence-corrected chi connectivity index (χ1v) is 5.75. The lowest BCUT2D eigenvalue weighted by atomic mass is 10.1. The van der Waals surface area contributed by atoms with Crippen LogP contribution in [-0.4, -0.2) is 35.3 Å². The van der Waals surface area contributed by atoms with E-state index in [2.05, 4.69) is 5.32 Å². The summed E-state index contributed by atoms with van der Waals surface area (Å²) in [4.78, 5) is 25.1. The lowest BCUT2D eigenvalue weighted by Crippen LogP contribution is -2.45. The van der Waals surface area contributed by atoms with E-state index >= 15 is 0 Å². The van der Waals surface area contributed by atoms with Crippen LogP contribution in [0.2, 0.25) is 0 Å². The molecule has 1 aliphatic heterocycles. The standard InChI is InChI=1S/C11H17ClN2O2/c1-7(5-12)6-14-8(2)4-10(15)13-9(3)11(14)16/h5,8-9H,4,6H2,1-3H3,(H,13,15). The van der Waals surface area contributed by atoms with Crippen molar-refractivity contribution < 1.29 is 9.59 Å². The normalized spacial score (nSPS) is 27.8. The smallest absolute Gasteiger partial charge is 0.245 e. The molecule has 90 valence electrons. The minimum atomic E-state index is -0.458. The molecule has 0 spiro atoms. The van der Waals surface area contributed by atoms with Crippen LogP contribution in [0.1, 0.15) is 27.2 Å². The van der Waals surface area contributed by atoms with Gasteiger partial charge in [0.25, 0.3) is 0 Å². The molecule has 2 atom stereocenters. The number of hydrogen-bond donors (Lipinski definition) is 1. The molecule has 1 heterocycles. The minimum absolute atomic E-state index is 0.0591. The first-order chi connectivity index (χ1) is 7.45. The first kappa shape index (κ1) is 13.0. The summed E-state index contributed by atoms with van der Waals surface area (Å²) >= 11 is 5.59. The predicted octanol–water partition coefficient (Wildman–Crippen LogP) is 1.25. The number of halogens is 1. The van der Waals surface area contributed by atoms with Gasteiger partial charge in [-0.3, -0.25) is 9.59 Å². The van der Waals surface area contributed by atoms with E-state index in [9.17, 15) is 9.59 Å². The molecule has 1 saturated heterocycles. The maximum absolute atomic E-state index is 12.0. The van der Waals surface area contributed by atoms with Gasteiger partial charge in [0.05, 0.1) is 0 Å². The number of carbonyl (C=O) groups is 2. The number of amides is 2. The molecule has 1 rings (SSSR count). The average molecular weight is 245 g/mol. The molecule has 2 amide bonds. The molecule has 0 aromatic carbocycles. The Balaban J connectivity index is 2.86. The first-order valence-electron chi connectivity index (χ1n) is 5.31. The molecule has 5 heteroatoms. The van der Waals surface area contributed by atoms with E-state index in [4.69, 9.17) is 11.6 Å². The van der Waals surface area contributed by atoms with Gasteiger partial charge in [-0.15, -0.1) is 0 Å². The van der Waals surface area contributed by atoms with Gasteiger partial charge in [0.15, 0.2) is 0 Å². The van der Waals surface area contributed by atoms with Gasteiger partial charge in [-0.2, -0.15) is 0 Å². The molecular formula is C11H17ClN2O2. The van der Waals surface area contributed by atoms with Crippen LogP contribution in [0.3, 0.4) is 0 Å². The number of carbonyl (C=O) groups excluding carboxylic acids is 2. The zero-order chi connectivity index (χ0) is 12.3. The molecule has 2 unspecified atom stereocenters. The minimum Gasteiger partial charge on any atom is -0.345 e. The second-order valence-corrected chi connectivity index (χ2v) is 4.48. The molecule has 0 aromatic rings. The molecule has 0 aromatic heterocycles. The van der Waals surface area contributed by atoms with E-state index in [0.29, 0.717) is 13.0 Å². The van der Waals surface area contributed by atoms with Crippen LogP contribution in [0.25, 0.3) is 0 Å². The monoisotopic (exact) mass is 244 g/mol. The van der Waals surface area contributed by atoms with Crippen molar-refractivity contribution in [2.75, 3.05) is 6.54 Å². The van der Waals surface area contributed by atoms with Gasteiger partial charge in [0.2, 0.25) is 11.8 Å². The topological polar surface area (TPSA) is 49.4 Å². The Hall–Kier alpha value is -1.03. The van der Waals surface area contributed by atoms with Gasteiger partial charge < -0.3 is 10.2 Å². The lowest BCUT2D eigenvalue weighted by Gasteiger charge is -2.28. The summed E-state index contributed by atoms with van der Waals surface area (Å²) in [6.07, 6.45) is 0.339. The number of rotatable bonds is 2. The second kappa shape index (κ2) is 5.34. The SMILES string of the molecule is CC(=CCl)CN1C(=O)C(C)NC(=O)CC1C. The van der Waals surface area contributed by atoms with Gasteiger partial charge in [0, 0.05) is 24.5 Å². The van der Waals surface area contributed by atoms with Crippen molar-refractivity contribution in [2.45, 2.75) is 39.3 Å². The van der Waals surface area contributed by atoms with Crippen molar-refractivity contribution in [3.8, 4) is 0 Å².